The standard InChI is InChI=1S/C23H19BrN2O5/c24-19-5-3-6-20(12-19)30-15-22(27)26-25-13-18-4-1-2-7-21(18)31-14-16-8-10-17(11-9-16)23(28)29/h1-13H,14-15H2,(H,26,27)(H,28,29)/b25-13+. The normalized spacial score (nSPS) is 10.6. The van der Waals surface area contributed by atoms with Crippen LogP contribution in [0.15, 0.2) is 82.4 Å². The molecule has 0 aliphatic rings. The lowest BCUT2D eigenvalue weighted by Gasteiger charge is -2.09. The van der Waals surface area contributed by atoms with E-state index in [4.69, 9.17) is 14.6 Å². The zero-order valence-electron chi connectivity index (χ0n) is 16.3. The second-order valence-electron chi connectivity index (χ2n) is 6.37. The summed E-state index contributed by atoms with van der Waals surface area (Å²) >= 11 is 3.34. The van der Waals surface area contributed by atoms with Crippen molar-refractivity contribution in [2.45, 2.75) is 6.61 Å². The van der Waals surface area contributed by atoms with E-state index in [1.165, 1.54) is 18.3 Å². The van der Waals surface area contributed by atoms with Crippen LogP contribution < -0.4 is 14.9 Å². The summed E-state index contributed by atoms with van der Waals surface area (Å²) in [7, 11) is 0. The summed E-state index contributed by atoms with van der Waals surface area (Å²) in [5, 5.41) is 12.9. The van der Waals surface area contributed by atoms with Crippen molar-refractivity contribution in [2.75, 3.05) is 6.61 Å². The van der Waals surface area contributed by atoms with Crippen LogP contribution in [0.25, 0.3) is 0 Å². The van der Waals surface area contributed by atoms with Crippen LogP contribution in [-0.2, 0) is 11.4 Å². The first-order valence-corrected chi connectivity index (χ1v) is 10.0. The van der Waals surface area contributed by atoms with Crippen molar-refractivity contribution >= 4 is 34.0 Å². The van der Waals surface area contributed by atoms with E-state index in [-0.39, 0.29) is 18.8 Å². The molecule has 1 amide bonds. The van der Waals surface area contributed by atoms with E-state index >= 15 is 0 Å². The highest BCUT2D eigenvalue weighted by Gasteiger charge is 2.05. The fraction of sp³-hybridized carbons (Fsp3) is 0.0870. The van der Waals surface area contributed by atoms with Crippen LogP contribution in [0.5, 0.6) is 11.5 Å². The molecule has 0 unspecified atom stereocenters. The molecule has 158 valence electrons. The Morgan fingerprint density at radius 1 is 1.00 bits per heavy atom. The van der Waals surface area contributed by atoms with Gasteiger partial charge < -0.3 is 14.6 Å². The molecule has 3 rings (SSSR count). The van der Waals surface area contributed by atoms with Crippen molar-refractivity contribution in [3.63, 3.8) is 0 Å². The largest absolute Gasteiger partial charge is 0.488 e. The number of carboxylic acids is 1. The minimum absolute atomic E-state index is 0.168. The molecule has 0 heterocycles. The maximum atomic E-state index is 11.9. The van der Waals surface area contributed by atoms with E-state index in [0.717, 1.165) is 10.0 Å². The quantitative estimate of drug-likeness (QED) is 0.350. The Balaban J connectivity index is 1.52. The van der Waals surface area contributed by atoms with Crippen LogP contribution in [0.4, 0.5) is 0 Å². The molecular formula is C23H19BrN2O5. The maximum absolute atomic E-state index is 11.9. The number of nitrogens with one attached hydrogen (secondary N) is 1. The van der Waals surface area contributed by atoms with E-state index in [1.54, 1.807) is 36.4 Å². The molecular weight excluding hydrogens is 464 g/mol. The molecule has 8 heteroatoms. The smallest absolute Gasteiger partial charge is 0.335 e. The van der Waals surface area contributed by atoms with Crippen molar-refractivity contribution < 1.29 is 24.2 Å². The lowest BCUT2D eigenvalue weighted by atomic mass is 10.1. The molecule has 2 N–H and O–H groups in total. The van der Waals surface area contributed by atoms with Crippen LogP contribution in [0.1, 0.15) is 21.5 Å². The minimum atomic E-state index is -0.974. The van der Waals surface area contributed by atoms with Gasteiger partial charge in [-0.3, -0.25) is 4.79 Å². The fourth-order valence-corrected chi connectivity index (χ4v) is 2.91. The van der Waals surface area contributed by atoms with E-state index < -0.39 is 11.9 Å². The summed E-state index contributed by atoms with van der Waals surface area (Å²) < 4.78 is 12.1. The Morgan fingerprint density at radius 2 is 1.77 bits per heavy atom. The van der Waals surface area contributed by atoms with Gasteiger partial charge in [-0.05, 0) is 48.0 Å². The van der Waals surface area contributed by atoms with Crippen LogP contribution in [-0.4, -0.2) is 29.8 Å². The first-order chi connectivity index (χ1) is 15.0. The first kappa shape index (κ1) is 22.0. The molecule has 31 heavy (non-hydrogen) atoms. The molecule has 0 aliphatic heterocycles. The van der Waals surface area contributed by atoms with Crippen molar-refractivity contribution in [2.24, 2.45) is 5.10 Å². The lowest BCUT2D eigenvalue weighted by molar-refractivity contribution is -0.123. The molecule has 0 radical (unpaired) electrons. The molecule has 7 nitrogen and oxygen atoms in total. The summed E-state index contributed by atoms with van der Waals surface area (Å²) in [6, 6.07) is 20.9. The minimum Gasteiger partial charge on any atom is -0.488 e. The van der Waals surface area contributed by atoms with Gasteiger partial charge in [-0.2, -0.15) is 5.10 Å². The van der Waals surface area contributed by atoms with Gasteiger partial charge in [0.25, 0.3) is 5.91 Å². The van der Waals surface area contributed by atoms with Crippen LogP contribution in [0, 0.1) is 0 Å². The van der Waals surface area contributed by atoms with Gasteiger partial charge in [-0.15, -0.1) is 0 Å². The Labute approximate surface area is 187 Å². The van der Waals surface area contributed by atoms with Gasteiger partial charge in [0.2, 0.25) is 0 Å². The number of aromatic carboxylic acids is 1. The topological polar surface area (TPSA) is 97.2 Å². The van der Waals surface area contributed by atoms with Gasteiger partial charge in [0, 0.05) is 10.0 Å². The summed E-state index contributed by atoms with van der Waals surface area (Å²) in [4.78, 5) is 22.9. The molecule has 0 saturated carbocycles. The Hall–Kier alpha value is -3.65. The maximum Gasteiger partial charge on any atom is 0.335 e. The number of benzene rings is 3. The number of carboxylic acid groups (broad SMARTS) is 1. The number of carbonyl (C=O) groups is 2. The molecule has 0 bridgehead atoms. The predicted octanol–water partition coefficient (Wildman–Crippen LogP) is 4.26. The second kappa shape index (κ2) is 10.9. The van der Waals surface area contributed by atoms with Gasteiger partial charge in [0.1, 0.15) is 18.1 Å². The van der Waals surface area contributed by atoms with Gasteiger partial charge in [0.05, 0.1) is 11.8 Å². The van der Waals surface area contributed by atoms with Gasteiger partial charge >= 0.3 is 5.97 Å². The average molecular weight is 483 g/mol. The third-order valence-electron chi connectivity index (χ3n) is 4.07. The van der Waals surface area contributed by atoms with E-state index in [2.05, 4.69) is 26.5 Å². The number of hydrazone groups is 1. The van der Waals surface area contributed by atoms with Crippen LogP contribution in [0.2, 0.25) is 0 Å². The van der Waals surface area contributed by atoms with Gasteiger partial charge in [0.15, 0.2) is 6.61 Å². The summed E-state index contributed by atoms with van der Waals surface area (Å²) in [6.07, 6.45) is 1.49. The molecule has 3 aromatic carbocycles. The fourth-order valence-electron chi connectivity index (χ4n) is 2.54. The first-order valence-electron chi connectivity index (χ1n) is 9.25. The number of ether oxygens (including phenoxy) is 2. The van der Waals surface area contributed by atoms with Crippen molar-refractivity contribution in [1.82, 2.24) is 5.43 Å². The number of nitrogens with zero attached hydrogens (tertiary/aromatic N) is 1. The Morgan fingerprint density at radius 3 is 2.52 bits per heavy atom. The molecule has 0 aromatic heterocycles. The summed E-state index contributed by atoms with van der Waals surface area (Å²) in [5.41, 5.74) is 4.14. The zero-order chi connectivity index (χ0) is 22.1. The third kappa shape index (κ3) is 6.97. The Bertz CT molecular complexity index is 1080. The lowest BCUT2D eigenvalue weighted by Crippen LogP contribution is -2.24. The molecule has 0 fully saturated rings. The van der Waals surface area contributed by atoms with Crippen molar-refractivity contribution in [3.8, 4) is 11.5 Å². The van der Waals surface area contributed by atoms with Crippen LogP contribution >= 0.6 is 15.9 Å². The molecule has 3 aromatic rings. The van der Waals surface area contributed by atoms with Crippen LogP contribution in [0.3, 0.4) is 0 Å². The zero-order valence-corrected chi connectivity index (χ0v) is 17.9. The number of rotatable bonds is 9. The number of amides is 1. The molecule has 0 saturated heterocycles. The third-order valence-corrected chi connectivity index (χ3v) is 4.57. The number of hydrogen-bond donors (Lipinski definition) is 2. The summed E-state index contributed by atoms with van der Waals surface area (Å²) in [5.74, 6) is -0.219. The van der Waals surface area contributed by atoms with Crippen molar-refractivity contribution in [3.05, 3.63) is 94.0 Å². The number of halogens is 1. The number of carbonyl (C=O) groups excluding carboxylic acids is 1. The SMILES string of the molecule is O=C(COc1cccc(Br)c1)N/N=C/c1ccccc1OCc1ccc(C(=O)O)cc1. The van der Waals surface area contributed by atoms with Gasteiger partial charge in [-0.1, -0.05) is 46.3 Å². The molecule has 0 atom stereocenters. The highest BCUT2D eigenvalue weighted by Crippen LogP contribution is 2.18. The second-order valence-corrected chi connectivity index (χ2v) is 7.28. The highest BCUT2D eigenvalue weighted by atomic mass is 79.9. The number of hydrogen-bond acceptors (Lipinski definition) is 5. The predicted molar refractivity (Wildman–Crippen MR) is 120 cm³/mol. The van der Waals surface area contributed by atoms with Gasteiger partial charge in [-0.25, -0.2) is 10.2 Å². The highest BCUT2D eigenvalue weighted by molar-refractivity contribution is 9.10. The van der Waals surface area contributed by atoms with E-state index in [1.807, 2.05) is 24.3 Å². The number of para-hydroxylation sites is 1. The van der Waals surface area contributed by atoms with Crippen molar-refractivity contribution in [1.29, 1.82) is 0 Å². The average Bonchev–Trinajstić information content (AvgIpc) is 2.77. The van der Waals surface area contributed by atoms with E-state index in [9.17, 15) is 9.59 Å². The summed E-state index contributed by atoms with van der Waals surface area (Å²) in [6.45, 7) is 0.0931. The monoisotopic (exact) mass is 482 g/mol. The Kier molecular flexibility index (Phi) is 7.78. The van der Waals surface area contributed by atoms with E-state index in [0.29, 0.717) is 17.1 Å². The molecule has 0 aliphatic carbocycles. The molecule has 0 spiro atoms.